The number of nitrogens with one attached hydrogen (secondary N) is 1. The number of anilines is 1. The number of nitrogens with zero attached hydrogens (tertiary/aromatic N) is 2. The average Bonchev–Trinajstić information content (AvgIpc) is 2.85. The molecule has 172 valence electrons. The second kappa shape index (κ2) is 11.5. The van der Waals surface area contributed by atoms with Crippen LogP contribution in [0, 0.1) is 5.92 Å². The average molecular weight is 508 g/mol. The van der Waals surface area contributed by atoms with Crippen LogP contribution >= 0.6 is 15.9 Å². The van der Waals surface area contributed by atoms with Gasteiger partial charge in [-0.1, -0.05) is 84.4 Å². The number of aliphatic hydroxyl groups excluding tert-OH is 1. The summed E-state index contributed by atoms with van der Waals surface area (Å²) in [6, 6.07) is 15.5. The normalized spacial score (nSPS) is 14.2. The van der Waals surface area contributed by atoms with Gasteiger partial charge in [-0.05, 0) is 42.0 Å². The van der Waals surface area contributed by atoms with Crippen LogP contribution in [0.2, 0.25) is 0 Å². The Bertz CT molecular complexity index is 1060. The number of aliphatic hydroxyl groups is 1. The Labute approximate surface area is 203 Å². The lowest BCUT2D eigenvalue weighted by atomic mass is 9.86. The summed E-state index contributed by atoms with van der Waals surface area (Å²) in [7, 11) is 0. The zero-order valence-corrected chi connectivity index (χ0v) is 20.4. The van der Waals surface area contributed by atoms with E-state index in [4.69, 9.17) is 4.98 Å². The summed E-state index contributed by atoms with van der Waals surface area (Å²) in [5.41, 5.74) is 4.39. The van der Waals surface area contributed by atoms with E-state index in [0.717, 1.165) is 51.3 Å². The van der Waals surface area contributed by atoms with Crippen LogP contribution in [0.5, 0.6) is 0 Å². The molecule has 0 atom stereocenters. The second-order valence-electron chi connectivity index (χ2n) is 8.80. The van der Waals surface area contributed by atoms with Gasteiger partial charge in [-0.3, -0.25) is 4.79 Å². The molecule has 0 bridgehead atoms. The molecule has 4 rings (SSSR count). The molecule has 1 fully saturated rings. The van der Waals surface area contributed by atoms with Gasteiger partial charge in [0.05, 0.1) is 30.6 Å². The quantitative estimate of drug-likeness (QED) is 0.386. The summed E-state index contributed by atoms with van der Waals surface area (Å²) in [6.07, 6.45) is 10.4. The van der Waals surface area contributed by atoms with E-state index in [1.54, 1.807) is 6.20 Å². The van der Waals surface area contributed by atoms with E-state index in [2.05, 4.69) is 26.2 Å². The van der Waals surface area contributed by atoms with Crippen LogP contribution in [0.1, 0.15) is 55.3 Å². The maximum Gasteiger partial charge on any atom is 0.229 e. The summed E-state index contributed by atoms with van der Waals surface area (Å²) >= 11 is 3.43. The number of aromatic nitrogens is 2. The molecule has 1 aliphatic carbocycles. The molecule has 1 heterocycles. The molecule has 33 heavy (non-hydrogen) atoms. The highest BCUT2D eigenvalue weighted by atomic mass is 79.9. The molecule has 2 N–H and O–H groups in total. The molecule has 1 amide bonds. The van der Waals surface area contributed by atoms with Crippen molar-refractivity contribution in [2.24, 2.45) is 5.92 Å². The van der Waals surface area contributed by atoms with Gasteiger partial charge in [-0.2, -0.15) is 0 Å². The maximum atomic E-state index is 12.7. The van der Waals surface area contributed by atoms with Gasteiger partial charge >= 0.3 is 0 Å². The number of rotatable bonds is 8. The minimum atomic E-state index is -0.0920. The van der Waals surface area contributed by atoms with E-state index in [1.165, 1.54) is 32.1 Å². The molecule has 0 unspecified atom stereocenters. The van der Waals surface area contributed by atoms with Gasteiger partial charge in [0.1, 0.15) is 0 Å². The van der Waals surface area contributed by atoms with Crippen molar-refractivity contribution in [3.8, 4) is 11.3 Å². The zero-order chi connectivity index (χ0) is 23.0. The molecular weight excluding hydrogens is 478 g/mol. The number of carbonyl (C=O) groups is 1. The van der Waals surface area contributed by atoms with Crippen LogP contribution in [0.4, 0.5) is 5.82 Å². The standard InChI is InChI=1S/C27H30BrN3O2/c28-23-13-8-20(9-14-23)16-26(33)31-27-24(15-10-19-4-2-1-3-5-19)30-25(17-29-27)22-11-6-21(18-32)7-12-22/h6-9,11-14,17,19,32H,1-5,10,15-16,18H2,(H,29,31,33). The molecule has 5 nitrogen and oxygen atoms in total. The van der Waals surface area contributed by atoms with Crippen molar-refractivity contribution in [1.29, 1.82) is 0 Å². The Morgan fingerprint density at radius 2 is 1.70 bits per heavy atom. The number of aryl methyl sites for hydroxylation is 1. The summed E-state index contributed by atoms with van der Waals surface area (Å²) in [4.78, 5) is 22.3. The van der Waals surface area contributed by atoms with Crippen LogP contribution in [0.15, 0.2) is 59.2 Å². The van der Waals surface area contributed by atoms with Crippen LogP contribution in [0.3, 0.4) is 0 Å². The van der Waals surface area contributed by atoms with Gasteiger partial charge in [0.2, 0.25) is 5.91 Å². The predicted octanol–water partition coefficient (Wildman–Crippen LogP) is 6.09. The van der Waals surface area contributed by atoms with Gasteiger partial charge in [-0.25, -0.2) is 9.97 Å². The van der Waals surface area contributed by atoms with Gasteiger partial charge in [0, 0.05) is 10.0 Å². The first-order valence-corrected chi connectivity index (χ1v) is 12.5. The zero-order valence-electron chi connectivity index (χ0n) is 18.8. The van der Waals surface area contributed by atoms with E-state index in [0.29, 0.717) is 12.2 Å². The van der Waals surface area contributed by atoms with E-state index in [9.17, 15) is 9.90 Å². The SMILES string of the molecule is O=C(Cc1ccc(Br)cc1)Nc1ncc(-c2ccc(CO)cc2)nc1CCC1CCCCC1. The molecular formula is C27H30BrN3O2. The number of benzene rings is 2. The Kier molecular flexibility index (Phi) is 8.24. The van der Waals surface area contributed by atoms with Gasteiger partial charge in [0.25, 0.3) is 0 Å². The first kappa shape index (κ1) is 23.6. The predicted molar refractivity (Wildman–Crippen MR) is 135 cm³/mol. The van der Waals surface area contributed by atoms with E-state index in [-0.39, 0.29) is 12.5 Å². The van der Waals surface area contributed by atoms with Gasteiger partial charge in [0.15, 0.2) is 5.82 Å². The Morgan fingerprint density at radius 3 is 2.39 bits per heavy atom. The van der Waals surface area contributed by atoms with E-state index < -0.39 is 0 Å². The molecule has 1 aromatic heterocycles. The Balaban J connectivity index is 1.52. The van der Waals surface area contributed by atoms with E-state index in [1.807, 2.05) is 48.5 Å². The maximum absolute atomic E-state index is 12.7. The molecule has 1 aliphatic rings. The van der Waals surface area contributed by atoms with Crippen molar-refractivity contribution in [2.75, 3.05) is 5.32 Å². The third-order valence-corrected chi connectivity index (χ3v) is 6.86. The summed E-state index contributed by atoms with van der Waals surface area (Å²) in [5.74, 6) is 1.19. The smallest absolute Gasteiger partial charge is 0.229 e. The molecule has 0 spiro atoms. The van der Waals surface area contributed by atoms with Crippen LogP contribution < -0.4 is 5.32 Å². The van der Waals surface area contributed by atoms with Crippen molar-refractivity contribution >= 4 is 27.7 Å². The molecule has 0 saturated heterocycles. The minimum absolute atomic E-state index is 0.0158. The fourth-order valence-corrected chi connectivity index (χ4v) is 4.67. The third-order valence-electron chi connectivity index (χ3n) is 6.33. The molecule has 2 aromatic carbocycles. The van der Waals surface area contributed by atoms with E-state index >= 15 is 0 Å². The topological polar surface area (TPSA) is 75.1 Å². The number of amides is 1. The Hall–Kier alpha value is -2.57. The number of halogens is 1. The second-order valence-corrected chi connectivity index (χ2v) is 9.72. The van der Waals surface area contributed by atoms with Crippen molar-refractivity contribution in [2.45, 2.75) is 58.0 Å². The molecule has 3 aromatic rings. The summed E-state index contributed by atoms with van der Waals surface area (Å²) in [5, 5.41) is 12.3. The largest absolute Gasteiger partial charge is 0.392 e. The van der Waals surface area contributed by atoms with Gasteiger partial charge < -0.3 is 10.4 Å². The van der Waals surface area contributed by atoms with Crippen molar-refractivity contribution in [1.82, 2.24) is 9.97 Å². The fourth-order valence-electron chi connectivity index (χ4n) is 4.41. The molecule has 0 aliphatic heterocycles. The number of carbonyl (C=O) groups excluding carboxylic acids is 1. The first-order valence-electron chi connectivity index (χ1n) is 11.7. The Morgan fingerprint density at radius 1 is 1.00 bits per heavy atom. The van der Waals surface area contributed by atoms with Crippen molar-refractivity contribution in [3.63, 3.8) is 0 Å². The summed E-state index contributed by atoms with van der Waals surface area (Å²) < 4.78 is 0.991. The van der Waals surface area contributed by atoms with Gasteiger partial charge in [-0.15, -0.1) is 0 Å². The fraction of sp³-hybridized carbons (Fsp3) is 0.370. The summed E-state index contributed by atoms with van der Waals surface area (Å²) in [6.45, 7) is 0.0158. The van der Waals surface area contributed by atoms with Crippen molar-refractivity contribution < 1.29 is 9.90 Å². The van der Waals surface area contributed by atoms with Crippen LogP contribution in [-0.4, -0.2) is 21.0 Å². The lowest BCUT2D eigenvalue weighted by Crippen LogP contribution is -2.18. The highest BCUT2D eigenvalue weighted by Gasteiger charge is 2.17. The highest BCUT2D eigenvalue weighted by Crippen LogP contribution is 2.29. The highest BCUT2D eigenvalue weighted by molar-refractivity contribution is 9.10. The third kappa shape index (κ3) is 6.71. The molecule has 0 radical (unpaired) electrons. The monoisotopic (exact) mass is 507 g/mol. The first-order chi connectivity index (χ1) is 16.1. The van der Waals surface area contributed by atoms with Crippen LogP contribution in [-0.2, 0) is 24.2 Å². The lowest BCUT2D eigenvalue weighted by molar-refractivity contribution is -0.115. The van der Waals surface area contributed by atoms with Crippen molar-refractivity contribution in [3.05, 3.63) is 76.0 Å². The lowest BCUT2D eigenvalue weighted by Gasteiger charge is -2.21. The molecule has 6 heteroatoms. The van der Waals surface area contributed by atoms with Crippen LogP contribution in [0.25, 0.3) is 11.3 Å². The number of hydrogen-bond acceptors (Lipinski definition) is 4. The molecule has 1 saturated carbocycles. The minimum Gasteiger partial charge on any atom is -0.392 e. The number of hydrogen-bond donors (Lipinski definition) is 2.